The van der Waals surface area contributed by atoms with Crippen LogP contribution in [0.2, 0.25) is 0 Å². The molecule has 0 fully saturated rings. The van der Waals surface area contributed by atoms with Crippen LogP contribution in [0.3, 0.4) is 0 Å². The van der Waals surface area contributed by atoms with Crippen molar-refractivity contribution in [2.45, 2.75) is 0 Å². The highest BCUT2D eigenvalue weighted by molar-refractivity contribution is 5.55. The fourth-order valence-corrected chi connectivity index (χ4v) is 2.04. The number of hydrogen-bond donors (Lipinski definition) is 0. The van der Waals surface area contributed by atoms with Gasteiger partial charge in [-0.3, -0.25) is 0 Å². The van der Waals surface area contributed by atoms with E-state index >= 15 is 0 Å². The van der Waals surface area contributed by atoms with Crippen LogP contribution >= 0.6 is 0 Å². The minimum Gasteiger partial charge on any atom is -0.193 e. The number of rotatable bonds is 7. The average molecular weight is 364 g/mol. The Hall–Kier alpha value is -3.89. The van der Waals surface area contributed by atoms with Crippen LogP contribution in [0.4, 0.5) is 0 Å². The maximum Gasteiger partial charge on any atom is 0.0918 e. The number of benzene rings is 2. The third kappa shape index (κ3) is 10.9. The molecule has 138 valence electrons. The molecule has 0 N–H and O–H groups in total. The number of hydrogen-bond acceptors (Lipinski definition) is 1. The van der Waals surface area contributed by atoms with Crippen molar-refractivity contribution in [2.24, 2.45) is 0 Å². The normalized spacial score (nSPS) is 11.5. The van der Waals surface area contributed by atoms with Gasteiger partial charge >= 0.3 is 0 Å². The standard InChI is InChI=1S/C15H13N.C12H12/c1-2-3-7-15(12-13-16)11-10-14-8-5-4-6-9-14;1-2-3-4-6-9-12-10-7-5-8-11-12/h2-12H,1H2;2-11H,1H2. The Morgan fingerprint density at radius 3 is 1.79 bits per heavy atom. The lowest BCUT2D eigenvalue weighted by molar-refractivity contribution is 1.52. The van der Waals surface area contributed by atoms with Crippen LogP contribution in [-0.2, 0) is 0 Å². The monoisotopic (exact) mass is 363 g/mol. The van der Waals surface area contributed by atoms with E-state index in [-0.39, 0.29) is 0 Å². The van der Waals surface area contributed by atoms with Crippen molar-refractivity contribution in [1.82, 2.24) is 0 Å². The molecule has 0 saturated heterocycles. The molecule has 28 heavy (non-hydrogen) atoms. The first kappa shape index (κ1) is 22.2. The van der Waals surface area contributed by atoms with E-state index in [1.165, 1.54) is 11.6 Å². The Morgan fingerprint density at radius 1 is 0.679 bits per heavy atom. The summed E-state index contributed by atoms with van der Waals surface area (Å²) in [6, 6.07) is 22.2. The van der Waals surface area contributed by atoms with Crippen molar-refractivity contribution in [3.8, 4) is 6.07 Å². The number of allylic oxidation sites excluding steroid dienone is 10. The van der Waals surface area contributed by atoms with Crippen molar-refractivity contribution >= 4 is 12.2 Å². The van der Waals surface area contributed by atoms with Crippen LogP contribution in [0.5, 0.6) is 0 Å². The minimum atomic E-state index is 0.853. The highest BCUT2D eigenvalue weighted by Gasteiger charge is 1.86. The fraction of sp³-hybridized carbons (Fsp3) is 0. The van der Waals surface area contributed by atoms with E-state index in [4.69, 9.17) is 5.26 Å². The van der Waals surface area contributed by atoms with Gasteiger partial charge in [0.25, 0.3) is 0 Å². The van der Waals surface area contributed by atoms with Crippen LogP contribution in [0, 0.1) is 11.3 Å². The minimum absolute atomic E-state index is 0.853. The second-order valence-electron chi connectivity index (χ2n) is 5.50. The molecule has 0 aliphatic rings. The molecule has 1 nitrogen and oxygen atoms in total. The molecule has 2 rings (SSSR count). The van der Waals surface area contributed by atoms with Gasteiger partial charge in [-0.1, -0.05) is 135 Å². The lowest BCUT2D eigenvalue weighted by Crippen LogP contribution is -1.72. The van der Waals surface area contributed by atoms with Crippen LogP contribution in [0.25, 0.3) is 12.2 Å². The van der Waals surface area contributed by atoms with Gasteiger partial charge in [0.2, 0.25) is 0 Å². The van der Waals surface area contributed by atoms with E-state index in [1.54, 1.807) is 18.2 Å². The van der Waals surface area contributed by atoms with Crippen LogP contribution in [0.1, 0.15) is 11.1 Å². The molecule has 0 bridgehead atoms. The van der Waals surface area contributed by atoms with Gasteiger partial charge in [0, 0.05) is 6.08 Å². The Balaban J connectivity index is 0.000000292. The largest absolute Gasteiger partial charge is 0.193 e. The Labute approximate surface area is 169 Å². The summed E-state index contributed by atoms with van der Waals surface area (Å²) in [7, 11) is 0. The van der Waals surface area contributed by atoms with Crippen molar-refractivity contribution < 1.29 is 0 Å². The molecule has 0 radical (unpaired) electrons. The van der Waals surface area contributed by atoms with Gasteiger partial charge in [-0.2, -0.15) is 5.26 Å². The lowest BCUT2D eigenvalue weighted by Gasteiger charge is -1.92. The summed E-state index contributed by atoms with van der Waals surface area (Å²) in [5.41, 5.74) is 3.18. The van der Waals surface area contributed by atoms with Crippen LogP contribution in [-0.4, -0.2) is 0 Å². The molecular weight excluding hydrogens is 338 g/mol. The molecule has 0 amide bonds. The summed E-state index contributed by atoms with van der Waals surface area (Å²) < 4.78 is 0. The zero-order valence-electron chi connectivity index (χ0n) is 16.0. The summed E-state index contributed by atoms with van der Waals surface area (Å²) in [5, 5.41) is 8.61. The second kappa shape index (κ2) is 15.4. The van der Waals surface area contributed by atoms with E-state index in [2.05, 4.69) is 31.4 Å². The molecule has 0 aromatic heterocycles. The molecule has 0 saturated carbocycles. The average Bonchev–Trinajstić information content (AvgIpc) is 2.75. The quantitative estimate of drug-likeness (QED) is 0.373. The van der Waals surface area contributed by atoms with E-state index in [0.29, 0.717) is 0 Å². The van der Waals surface area contributed by atoms with E-state index in [0.717, 1.165) is 11.1 Å². The van der Waals surface area contributed by atoms with Crippen LogP contribution < -0.4 is 0 Å². The van der Waals surface area contributed by atoms with Crippen molar-refractivity contribution in [1.29, 1.82) is 5.26 Å². The van der Waals surface area contributed by atoms with Crippen LogP contribution in [0.15, 0.2) is 134 Å². The van der Waals surface area contributed by atoms with Crippen molar-refractivity contribution in [3.05, 3.63) is 145 Å². The van der Waals surface area contributed by atoms with E-state index in [1.807, 2.05) is 91.1 Å². The lowest BCUT2D eigenvalue weighted by atomic mass is 10.1. The topological polar surface area (TPSA) is 23.8 Å². The Kier molecular flexibility index (Phi) is 12.2. The maximum absolute atomic E-state index is 8.61. The highest BCUT2D eigenvalue weighted by atomic mass is 14.2. The van der Waals surface area contributed by atoms with Gasteiger partial charge < -0.3 is 0 Å². The third-order valence-electron chi connectivity index (χ3n) is 3.37. The Bertz CT molecular complexity index is 886. The number of nitriles is 1. The maximum atomic E-state index is 8.61. The second-order valence-corrected chi connectivity index (χ2v) is 5.50. The zero-order chi connectivity index (χ0) is 20.3. The molecule has 0 heterocycles. The predicted octanol–water partition coefficient (Wildman–Crippen LogP) is 7.33. The predicted molar refractivity (Wildman–Crippen MR) is 123 cm³/mol. The summed E-state index contributed by atoms with van der Waals surface area (Å²) in [4.78, 5) is 0. The smallest absolute Gasteiger partial charge is 0.0918 e. The first-order chi connectivity index (χ1) is 13.8. The molecule has 2 aromatic rings. The summed E-state index contributed by atoms with van der Waals surface area (Å²) in [5.74, 6) is 0. The molecule has 0 atom stereocenters. The molecule has 2 aromatic carbocycles. The van der Waals surface area contributed by atoms with Gasteiger partial charge in [0.05, 0.1) is 6.07 Å². The van der Waals surface area contributed by atoms with E-state index in [9.17, 15) is 0 Å². The SMILES string of the molecule is C=CC=CC(C=Cc1ccccc1)=CC#N.C=CC=CC=Cc1ccccc1. The van der Waals surface area contributed by atoms with Gasteiger partial charge in [0.15, 0.2) is 0 Å². The summed E-state index contributed by atoms with van der Waals surface area (Å²) in [6.07, 6.45) is 20.4. The fourth-order valence-electron chi connectivity index (χ4n) is 2.04. The molecule has 1 heteroatoms. The molecule has 0 unspecified atom stereocenters. The molecule has 0 aliphatic heterocycles. The van der Waals surface area contributed by atoms with Gasteiger partial charge in [-0.05, 0) is 16.7 Å². The third-order valence-corrected chi connectivity index (χ3v) is 3.37. The first-order valence-corrected chi connectivity index (χ1v) is 8.93. The molecule has 0 aliphatic carbocycles. The summed E-state index contributed by atoms with van der Waals surface area (Å²) in [6.45, 7) is 7.17. The molecular formula is C27H25N. The van der Waals surface area contributed by atoms with Gasteiger partial charge in [-0.25, -0.2) is 0 Å². The van der Waals surface area contributed by atoms with Crippen molar-refractivity contribution in [2.75, 3.05) is 0 Å². The highest BCUT2D eigenvalue weighted by Crippen LogP contribution is 2.06. The Morgan fingerprint density at radius 2 is 1.25 bits per heavy atom. The van der Waals surface area contributed by atoms with E-state index < -0.39 is 0 Å². The first-order valence-electron chi connectivity index (χ1n) is 8.93. The number of nitrogens with zero attached hydrogens (tertiary/aromatic N) is 1. The zero-order valence-corrected chi connectivity index (χ0v) is 16.0. The van der Waals surface area contributed by atoms with Gasteiger partial charge in [0.1, 0.15) is 0 Å². The molecule has 0 spiro atoms. The van der Waals surface area contributed by atoms with Crippen molar-refractivity contribution in [3.63, 3.8) is 0 Å². The van der Waals surface area contributed by atoms with Gasteiger partial charge in [-0.15, -0.1) is 0 Å². The summed E-state index contributed by atoms with van der Waals surface area (Å²) >= 11 is 0.